The van der Waals surface area contributed by atoms with E-state index in [0.29, 0.717) is 5.41 Å². The molecule has 0 bridgehead atoms. The third-order valence-corrected chi connectivity index (χ3v) is 6.54. The smallest absolute Gasteiger partial charge is 0.107 e. The van der Waals surface area contributed by atoms with Crippen molar-refractivity contribution in [1.82, 2.24) is 15.2 Å². The molecule has 3 nitrogen and oxygen atoms in total. The van der Waals surface area contributed by atoms with Gasteiger partial charge in [-0.2, -0.15) is 0 Å². The van der Waals surface area contributed by atoms with E-state index < -0.39 is 0 Å². The van der Waals surface area contributed by atoms with E-state index >= 15 is 0 Å². The maximum Gasteiger partial charge on any atom is 0.107 e. The van der Waals surface area contributed by atoms with Gasteiger partial charge in [0.05, 0.1) is 12.2 Å². The largest absolute Gasteiger partial charge is 0.316 e. The van der Waals surface area contributed by atoms with Gasteiger partial charge >= 0.3 is 0 Å². The van der Waals surface area contributed by atoms with Gasteiger partial charge in [-0.05, 0) is 56.5 Å². The first-order valence-electron chi connectivity index (χ1n) is 8.13. The fourth-order valence-electron chi connectivity index (χ4n) is 4.16. The second-order valence-electron chi connectivity index (χ2n) is 7.21. The molecule has 1 aromatic rings. The Labute approximate surface area is 137 Å². The van der Waals surface area contributed by atoms with Gasteiger partial charge in [-0.3, -0.25) is 4.90 Å². The molecule has 1 aromatic heterocycles. The van der Waals surface area contributed by atoms with Crippen molar-refractivity contribution in [3.05, 3.63) is 15.6 Å². The van der Waals surface area contributed by atoms with Crippen molar-refractivity contribution in [3.8, 4) is 0 Å². The van der Waals surface area contributed by atoms with Crippen LogP contribution < -0.4 is 5.32 Å². The van der Waals surface area contributed by atoms with Crippen LogP contribution in [-0.2, 0) is 19.4 Å². The average Bonchev–Trinajstić information content (AvgIpc) is 3.12. The van der Waals surface area contributed by atoms with Crippen LogP contribution in [0.1, 0.15) is 41.8 Å². The molecule has 2 fully saturated rings. The van der Waals surface area contributed by atoms with E-state index in [4.69, 9.17) is 4.98 Å². The number of hydrogen-bond acceptors (Lipinski definition) is 4. The normalized spacial score (nSPS) is 32.3. The Balaban J connectivity index is 0.00000132. The first-order valence-corrected chi connectivity index (χ1v) is 8.95. The number of nitrogens with zero attached hydrogens (tertiary/aromatic N) is 2. The molecule has 1 spiro atoms. The molecule has 0 saturated carbocycles. The summed E-state index contributed by atoms with van der Waals surface area (Å²) in [6, 6.07) is 0. The number of nitrogens with one attached hydrogen (secondary N) is 1. The Morgan fingerprint density at radius 1 is 1.43 bits per heavy atom. The lowest BCUT2D eigenvalue weighted by atomic mass is 9.87. The Hall–Kier alpha value is -0.160. The molecular weight excluding hydrogens is 302 g/mol. The number of halogens is 1. The van der Waals surface area contributed by atoms with E-state index in [0.717, 1.165) is 12.5 Å². The van der Waals surface area contributed by atoms with Crippen molar-refractivity contribution in [3.63, 3.8) is 0 Å². The van der Waals surface area contributed by atoms with Crippen LogP contribution >= 0.6 is 23.7 Å². The molecule has 0 radical (unpaired) electrons. The number of hydrogen-bond donors (Lipinski definition) is 1. The zero-order valence-electron chi connectivity index (χ0n) is 12.9. The Kier molecular flexibility index (Phi) is 4.60. The lowest BCUT2D eigenvalue weighted by Gasteiger charge is -2.22. The minimum atomic E-state index is 0. The molecule has 3 heterocycles. The van der Waals surface area contributed by atoms with Crippen LogP contribution in [0.25, 0.3) is 0 Å². The third kappa shape index (κ3) is 3.14. The molecule has 3 aliphatic rings. The average molecular weight is 328 g/mol. The fourth-order valence-corrected chi connectivity index (χ4v) is 5.48. The second kappa shape index (κ2) is 6.15. The van der Waals surface area contributed by atoms with E-state index in [2.05, 4.69) is 17.1 Å². The van der Waals surface area contributed by atoms with Crippen molar-refractivity contribution in [2.75, 3.05) is 26.2 Å². The van der Waals surface area contributed by atoms with Crippen LogP contribution in [0.4, 0.5) is 0 Å². The van der Waals surface area contributed by atoms with E-state index in [9.17, 15) is 0 Å². The van der Waals surface area contributed by atoms with Crippen LogP contribution in [0.15, 0.2) is 0 Å². The fraction of sp³-hybridized carbons (Fsp3) is 0.812. The van der Waals surface area contributed by atoms with Crippen LogP contribution in [0.5, 0.6) is 0 Å². The van der Waals surface area contributed by atoms with Gasteiger partial charge in [-0.25, -0.2) is 4.98 Å². The first-order chi connectivity index (χ1) is 9.72. The highest BCUT2D eigenvalue weighted by Gasteiger charge is 2.40. The molecular formula is C16H26ClN3S. The maximum absolute atomic E-state index is 4.92. The quantitative estimate of drug-likeness (QED) is 0.905. The summed E-state index contributed by atoms with van der Waals surface area (Å²) >= 11 is 1.99. The second-order valence-corrected chi connectivity index (χ2v) is 8.38. The maximum atomic E-state index is 4.92. The van der Waals surface area contributed by atoms with Crippen LogP contribution in [0.3, 0.4) is 0 Å². The standard InChI is InChI=1S/C16H25N3S.ClH/c1-12-2-3-13-14(8-12)20-15(18-13)9-19-7-5-16(11-19)4-6-17-10-16;/h12,17H,2-11H2,1H3;1H. The number of aromatic nitrogens is 1. The predicted molar refractivity (Wildman–Crippen MR) is 90.4 cm³/mol. The SMILES string of the molecule is CC1CCc2nc(CN3CCC4(CCNC4)C3)sc2C1.Cl. The lowest BCUT2D eigenvalue weighted by molar-refractivity contribution is 0.268. The summed E-state index contributed by atoms with van der Waals surface area (Å²) in [7, 11) is 0. The van der Waals surface area contributed by atoms with Gasteiger partial charge in [-0.15, -0.1) is 23.7 Å². The topological polar surface area (TPSA) is 28.2 Å². The molecule has 1 N–H and O–H groups in total. The van der Waals surface area contributed by atoms with Crippen LogP contribution in [0.2, 0.25) is 0 Å². The van der Waals surface area contributed by atoms with Gasteiger partial charge in [0.2, 0.25) is 0 Å². The third-order valence-electron chi connectivity index (χ3n) is 5.44. The number of rotatable bonds is 2. The van der Waals surface area contributed by atoms with Gasteiger partial charge in [0.15, 0.2) is 0 Å². The highest BCUT2D eigenvalue weighted by molar-refractivity contribution is 7.11. The molecule has 2 atom stereocenters. The summed E-state index contributed by atoms with van der Waals surface area (Å²) in [6.45, 7) is 8.46. The van der Waals surface area contributed by atoms with Crippen molar-refractivity contribution in [1.29, 1.82) is 0 Å². The van der Waals surface area contributed by atoms with E-state index in [1.54, 1.807) is 4.88 Å². The first kappa shape index (κ1) is 15.7. The minimum absolute atomic E-state index is 0. The van der Waals surface area contributed by atoms with E-state index in [1.165, 1.54) is 69.0 Å². The van der Waals surface area contributed by atoms with E-state index in [1.807, 2.05) is 11.3 Å². The summed E-state index contributed by atoms with van der Waals surface area (Å²) in [5, 5.41) is 4.91. The van der Waals surface area contributed by atoms with Crippen molar-refractivity contribution >= 4 is 23.7 Å². The summed E-state index contributed by atoms with van der Waals surface area (Å²) in [4.78, 5) is 9.14. The van der Waals surface area contributed by atoms with Crippen LogP contribution in [0, 0.1) is 11.3 Å². The number of fused-ring (bicyclic) bond motifs is 1. The Bertz CT molecular complexity index is 496. The number of aryl methyl sites for hydroxylation is 1. The number of thiazole rings is 1. The summed E-state index contributed by atoms with van der Waals surface area (Å²) in [5.74, 6) is 0.857. The molecule has 2 saturated heterocycles. The molecule has 2 unspecified atom stereocenters. The van der Waals surface area contributed by atoms with Crippen molar-refractivity contribution in [2.45, 2.75) is 45.6 Å². The monoisotopic (exact) mass is 327 g/mol. The molecule has 1 aliphatic carbocycles. The van der Waals surface area contributed by atoms with Gasteiger partial charge < -0.3 is 5.32 Å². The summed E-state index contributed by atoms with van der Waals surface area (Å²) in [5.41, 5.74) is 2.00. The molecule has 0 aromatic carbocycles. The predicted octanol–water partition coefficient (Wildman–Crippen LogP) is 2.88. The molecule has 0 amide bonds. The van der Waals surface area contributed by atoms with Crippen molar-refractivity contribution < 1.29 is 0 Å². The van der Waals surface area contributed by atoms with Gasteiger partial charge in [0, 0.05) is 18.0 Å². The zero-order chi connectivity index (χ0) is 13.6. The summed E-state index contributed by atoms with van der Waals surface area (Å²) in [6.07, 6.45) is 6.55. The zero-order valence-corrected chi connectivity index (χ0v) is 14.5. The van der Waals surface area contributed by atoms with Gasteiger partial charge in [0.1, 0.15) is 5.01 Å². The van der Waals surface area contributed by atoms with E-state index in [-0.39, 0.29) is 12.4 Å². The summed E-state index contributed by atoms with van der Waals surface area (Å²) < 4.78 is 0. The van der Waals surface area contributed by atoms with Crippen molar-refractivity contribution in [2.24, 2.45) is 11.3 Å². The lowest BCUT2D eigenvalue weighted by Crippen LogP contribution is -2.28. The Morgan fingerprint density at radius 3 is 3.14 bits per heavy atom. The minimum Gasteiger partial charge on any atom is -0.316 e. The molecule has 21 heavy (non-hydrogen) atoms. The highest BCUT2D eigenvalue weighted by atomic mass is 35.5. The molecule has 2 aliphatic heterocycles. The highest BCUT2D eigenvalue weighted by Crippen LogP contribution is 2.37. The van der Waals surface area contributed by atoms with Gasteiger partial charge in [0.25, 0.3) is 0 Å². The molecule has 118 valence electrons. The van der Waals surface area contributed by atoms with Crippen LogP contribution in [-0.4, -0.2) is 36.1 Å². The Morgan fingerprint density at radius 2 is 2.33 bits per heavy atom. The number of likely N-dealkylation sites (tertiary alicyclic amines) is 1. The van der Waals surface area contributed by atoms with Gasteiger partial charge in [-0.1, -0.05) is 6.92 Å². The molecule has 4 rings (SSSR count). The molecule has 5 heteroatoms.